The summed E-state index contributed by atoms with van der Waals surface area (Å²) in [6.45, 7) is 0. The Labute approximate surface area is 95.0 Å². The number of hydrogen-bond acceptors (Lipinski definition) is 3. The first-order chi connectivity index (χ1) is 7.63. The predicted molar refractivity (Wildman–Crippen MR) is 61.5 cm³/mol. The molecule has 1 aromatic rings. The van der Waals surface area contributed by atoms with Gasteiger partial charge in [-0.25, -0.2) is 0 Å². The van der Waals surface area contributed by atoms with Gasteiger partial charge in [0, 0.05) is 0 Å². The number of rotatable bonds is 6. The quantitative estimate of drug-likeness (QED) is 0.765. The molecule has 4 nitrogen and oxygen atoms in total. The van der Waals surface area contributed by atoms with Crippen LogP contribution in [0.5, 0.6) is 5.75 Å². The van der Waals surface area contributed by atoms with E-state index in [1.807, 2.05) is 24.3 Å². The minimum atomic E-state index is -0.935. The van der Waals surface area contributed by atoms with E-state index in [-0.39, 0.29) is 0 Å². The summed E-state index contributed by atoms with van der Waals surface area (Å²) in [5, 5.41) is 8.61. The van der Waals surface area contributed by atoms with Crippen LogP contribution in [0, 0.1) is 0 Å². The van der Waals surface area contributed by atoms with Crippen LogP contribution in [0.2, 0.25) is 0 Å². The number of aliphatic carboxylic acids is 1. The molecule has 0 fully saturated rings. The van der Waals surface area contributed by atoms with Crippen LogP contribution >= 0.6 is 0 Å². The lowest BCUT2D eigenvalue weighted by atomic mass is 10.1. The first-order valence-corrected chi connectivity index (χ1v) is 5.25. The molecule has 0 aliphatic rings. The molecule has 1 unspecified atom stereocenters. The zero-order chi connectivity index (χ0) is 12.0. The van der Waals surface area contributed by atoms with Gasteiger partial charge in [0.15, 0.2) is 0 Å². The highest BCUT2D eigenvalue weighted by Gasteiger charge is 2.10. The van der Waals surface area contributed by atoms with Crippen molar-refractivity contribution in [2.24, 2.45) is 5.73 Å². The zero-order valence-corrected chi connectivity index (χ0v) is 9.35. The van der Waals surface area contributed by atoms with Crippen molar-refractivity contribution in [1.29, 1.82) is 0 Å². The highest BCUT2D eigenvalue weighted by molar-refractivity contribution is 5.72. The number of carboxylic acid groups (broad SMARTS) is 1. The fourth-order valence-corrected chi connectivity index (χ4v) is 1.44. The molecular formula is C12H17NO3. The molecule has 0 aliphatic heterocycles. The largest absolute Gasteiger partial charge is 0.497 e. The summed E-state index contributed by atoms with van der Waals surface area (Å²) in [5.74, 6) is -0.110. The molecule has 0 saturated carbocycles. The summed E-state index contributed by atoms with van der Waals surface area (Å²) in [4.78, 5) is 10.5. The summed E-state index contributed by atoms with van der Waals surface area (Å²) < 4.78 is 5.05. The average Bonchev–Trinajstić information content (AvgIpc) is 2.29. The van der Waals surface area contributed by atoms with E-state index in [2.05, 4.69) is 0 Å². The average molecular weight is 223 g/mol. The molecule has 0 aromatic heterocycles. The first-order valence-electron chi connectivity index (χ1n) is 5.25. The fraction of sp³-hybridized carbons (Fsp3) is 0.417. The maximum Gasteiger partial charge on any atom is 0.320 e. The molecule has 0 bridgehead atoms. The molecule has 0 aliphatic carbocycles. The Bertz CT molecular complexity index is 335. The van der Waals surface area contributed by atoms with Gasteiger partial charge in [-0.05, 0) is 37.0 Å². The van der Waals surface area contributed by atoms with E-state index in [9.17, 15) is 4.79 Å². The Hall–Kier alpha value is -1.55. The maximum absolute atomic E-state index is 10.5. The van der Waals surface area contributed by atoms with E-state index in [0.717, 1.165) is 18.6 Å². The standard InChI is InChI=1S/C12H17NO3/c1-16-10-7-5-9(6-8-10)3-2-4-11(13)12(14)15/h5-8,11H,2-4,13H2,1H3,(H,14,15). The minimum Gasteiger partial charge on any atom is -0.497 e. The van der Waals surface area contributed by atoms with Crippen molar-refractivity contribution in [2.45, 2.75) is 25.3 Å². The molecule has 0 radical (unpaired) electrons. The van der Waals surface area contributed by atoms with Gasteiger partial charge < -0.3 is 15.6 Å². The lowest BCUT2D eigenvalue weighted by molar-refractivity contribution is -0.138. The van der Waals surface area contributed by atoms with Crippen molar-refractivity contribution in [2.75, 3.05) is 7.11 Å². The molecule has 0 spiro atoms. The SMILES string of the molecule is COc1ccc(CCCC(N)C(=O)O)cc1. The molecule has 1 rings (SSSR count). The Morgan fingerprint density at radius 2 is 2.06 bits per heavy atom. The number of hydrogen-bond donors (Lipinski definition) is 2. The molecule has 1 aromatic carbocycles. The second-order valence-corrected chi connectivity index (χ2v) is 3.69. The van der Waals surface area contributed by atoms with Crippen molar-refractivity contribution < 1.29 is 14.6 Å². The molecule has 0 heterocycles. The number of benzene rings is 1. The summed E-state index contributed by atoms with van der Waals surface area (Å²) in [7, 11) is 1.63. The van der Waals surface area contributed by atoms with E-state index in [4.69, 9.17) is 15.6 Å². The highest BCUT2D eigenvalue weighted by atomic mass is 16.5. The van der Waals surface area contributed by atoms with Crippen LogP contribution in [0.25, 0.3) is 0 Å². The topological polar surface area (TPSA) is 72.5 Å². The molecule has 1 atom stereocenters. The van der Waals surface area contributed by atoms with Gasteiger partial charge in [-0.2, -0.15) is 0 Å². The van der Waals surface area contributed by atoms with E-state index in [0.29, 0.717) is 6.42 Å². The van der Waals surface area contributed by atoms with Gasteiger partial charge in [0.2, 0.25) is 0 Å². The minimum absolute atomic E-state index is 0.501. The third kappa shape index (κ3) is 3.90. The second-order valence-electron chi connectivity index (χ2n) is 3.69. The van der Waals surface area contributed by atoms with Gasteiger partial charge in [0.1, 0.15) is 11.8 Å². The Morgan fingerprint density at radius 3 is 2.56 bits per heavy atom. The number of carbonyl (C=O) groups is 1. The molecule has 4 heteroatoms. The van der Waals surface area contributed by atoms with Crippen molar-refractivity contribution in [1.82, 2.24) is 0 Å². The van der Waals surface area contributed by atoms with Crippen LogP contribution in [-0.4, -0.2) is 24.2 Å². The van der Waals surface area contributed by atoms with Crippen molar-refractivity contribution in [3.05, 3.63) is 29.8 Å². The van der Waals surface area contributed by atoms with Gasteiger partial charge in [-0.1, -0.05) is 12.1 Å². The van der Waals surface area contributed by atoms with Crippen LogP contribution in [0.3, 0.4) is 0 Å². The van der Waals surface area contributed by atoms with Crippen molar-refractivity contribution >= 4 is 5.97 Å². The summed E-state index contributed by atoms with van der Waals surface area (Å²) >= 11 is 0. The Balaban J connectivity index is 2.34. The number of ether oxygens (including phenoxy) is 1. The predicted octanol–water partition coefficient (Wildman–Crippen LogP) is 1.43. The molecule has 0 saturated heterocycles. The number of carboxylic acids is 1. The Kier molecular flexibility index (Phi) is 4.79. The van der Waals surface area contributed by atoms with E-state index in [1.165, 1.54) is 5.56 Å². The van der Waals surface area contributed by atoms with E-state index >= 15 is 0 Å². The van der Waals surface area contributed by atoms with Crippen molar-refractivity contribution in [3.8, 4) is 5.75 Å². The highest BCUT2D eigenvalue weighted by Crippen LogP contribution is 2.13. The summed E-state index contributed by atoms with van der Waals surface area (Å²) in [6.07, 6.45) is 2.12. The van der Waals surface area contributed by atoms with Gasteiger partial charge in [-0.15, -0.1) is 0 Å². The lowest BCUT2D eigenvalue weighted by Crippen LogP contribution is -2.29. The van der Waals surface area contributed by atoms with Crippen LogP contribution in [0.15, 0.2) is 24.3 Å². The normalized spacial score (nSPS) is 12.1. The third-order valence-electron chi connectivity index (χ3n) is 2.46. The van der Waals surface area contributed by atoms with Crippen LogP contribution in [0.4, 0.5) is 0 Å². The van der Waals surface area contributed by atoms with Crippen molar-refractivity contribution in [3.63, 3.8) is 0 Å². The van der Waals surface area contributed by atoms with Crippen LogP contribution < -0.4 is 10.5 Å². The lowest BCUT2D eigenvalue weighted by Gasteiger charge is -2.06. The molecular weight excluding hydrogens is 206 g/mol. The van der Waals surface area contributed by atoms with Gasteiger partial charge in [0.05, 0.1) is 7.11 Å². The summed E-state index contributed by atoms with van der Waals surface area (Å²) in [6, 6.07) is 6.99. The van der Waals surface area contributed by atoms with Crippen LogP contribution in [-0.2, 0) is 11.2 Å². The smallest absolute Gasteiger partial charge is 0.320 e. The number of methoxy groups -OCH3 is 1. The van der Waals surface area contributed by atoms with Gasteiger partial charge in [0.25, 0.3) is 0 Å². The fourth-order valence-electron chi connectivity index (χ4n) is 1.44. The summed E-state index contributed by atoms with van der Waals surface area (Å²) in [5.41, 5.74) is 6.57. The maximum atomic E-state index is 10.5. The second kappa shape index (κ2) is 6.12. The first kappa shape index (κ1) is 12.5. The molecule has 3 N–H and O–H groups in total. The van der Waals surface area contributed by atoms with Crippen LogP contribution in [0.1, 0.15) is 18.4 Å². The number of aryl methyl sites for hydroxylation is 1. The molecule has 88 valence electrons. The van der Waals surface area contributed by atoms with Gasteiger partial charge in [-0.3, -0.25) is 4.79 Å². The van der Waals surface area contributed by atoms with E-state index in [1.54, 1.807) is 7.11 Å². The zero-order valence-electron chi connectivity index (χ0n) is 9.35. The van der Waals surface area contributed by atoms with Gasteiger partial charge >= 0.3 is 5.97 Å². The Morgan fingerprint density at radius 1 is 1.44 bits per heavy atom. The third-order valence-corrected chi connectivity index (χ3v) is 2.46. The van der Waals surface area contributed by atoms with E-state index < -0.39 is 12.0 Å². The molecule has 16 heavy (non-hydrogen) atoms. The number of nitrogens with two attached hydrogens (primary N) is 1. The molecule has 0 amide bonds. The monoisotopic (exact) mass is 223 g/mol.